The summed E-state index contributed by atoms with van der Waals surface area (Å²) < 4.78 is 13.9. The summed E-state index contributed by atoms with van der Waals surface area (Å²) in [4.78, 5) is 4.05. The molecule has 0 unspecified atom stereocenters. The van der Waals surface area contributed by atoms with Gasteiger partial charge in [-0.25, -0.2) is 4.98 Å². The molecule has 3 aromatic rings. The van der Waals surface area contributed by atoms with Gasteiger partial charge in [0.05, 0.1) is 12.9 Å². The summed E-state index contributed by atoms with van der Waals surface area (Å²) in [5.41, 5.74) is 3.34. The zero-order valence-corrected chi connectivity index (χ0v) is 17.8. The Labute approximate surface area is 177 Å². The minimum atomic E-state index is 0.475. The first-order chi connectivity index (χ1) is 14.2. The van der Waals surface area contributed by atoms with Crippen LogP contribution in [0.1, 0.15) is 30.0 Å². The van der Waals surface area contributed by atoms with Crippen molar-refractivity contribution in [3.05, 3.63) is 76.8 Å². The molecule has 0 aliphatic rings. The van der Waals surface area contributed by atoms with Crippen LogP contribution in [0, 0.1) is 6.92 Å². The molecule has 0 saturated carbocycles. The predicted molar refractivity (Wildman–Crippen MR) is 117 cm³/mol. The molecule has 1 N–H and O–H groups in total. The molecule has 29 heavy (non-hydrogen) atoms. The normalized spacial score (nSPS) is 10.9. The van der Waals surface area contributed by atoms with E-state index in [1.54, 1.807) is 6.20 Å². The molecule has 1 aromatic heterocycles. The standard InChI is InChI=1S/C23H28ClN3O2/c1-3-28-22-13-20(15-25-9-4-11-27-12-10-26-17-27)21(24)14-23(22)29-16-19-7-5-18(2)6-8-19/h5-8,10,12-14,17,25H,3-4,9,11,15-16H2,1-2H3. The van der Waals surface area contributed by atoms with E-state index in [1.807, 2.05) is 31.6 Å². The molecule has 5 nitrogen and oxygen atoms in total. The maximum atomic E-state index is 6.51. The average Bonchev–Trinajstić information content (AvgIpc) is 3.23. The summed E-state index contributed by atoms with van der Waals surface area (Å²) in [7, 11) is 0. The first kappa shape index (κ1) is 21.2. The number of aromatic nitrogens is 2. The molecule has 6 heteroatoms. The number of halogens is 1. The molecule has 0 amide bonds. The van der Waals surface area contributed by atoms with Crippen molar-refractivity contribution in [1.29, 1.82) is 0 Å². The van der Waals surface area contributed by atoms with Crippen LogP contribution in [0.4, 0.5) is 0 Å². The van der Waals surface area contributed by atoms with Crippen LogP contribution in [0.5, 0.6) is 11.5 Å². The fourth-order valence-electron chi connectivity index (χ4n) is 2.97. The topological polar surface area (TPSA) is 48.3 Å². The van der Waals surface area contributed by atoms with E-state index in [9.17, 15) is 0 Å². The minimum Gasteiger partial charge on any atom is -0.490 e. The third-order valence-electron chi connectivity index (χ3n) is 4.57. The molecule has 0 fully saturated rings. The van der Waals surface area contributed by atoms with Gasteiger partial charge in [-0.15, -0.1) is 0 Å². The summed E-state index contributed by atoms with van der Waals surface area (Å²) in [6.45, 7) is 7.60. The van der Waals surface area contributed by atoms with E-state index in [-0.39, 0.29) is 0 Å². The van der Waals surface area contributed by atoms with Crippen molar-refractivity contribution >= 4 is 11.6 Å². The monoisotopic (exact) mass is 413 g/mol. The molecular formula is C23H28ClN3O2. The molecule has 0 atom stereocenters. The van der Waals surface area contributed by atoms with Gasteiger partial charge in [-0.1, -0.05) is 41.4 Å². The van der Waals surface area contributed by atoms with Gasteiger partial charge in [0.15, 0.2) is 11.5 Å². The highest BCUT2D eigenvalue weighted by Crippen LogP contribution is 2.34. The lowest BCUT2D eigenvalue weighted by Gasteiger charge is -2.15. The average molecular weight is 414 g/mol. The third kappa shape index (κ3) is 6.51. The van der Waals surface area contributed by atoms with Gasteiger partial charge < -0.3 is 19.4 Å². The zero-order chi connectivity index (χ0) is 20.5. The van der Waals surface area contributed by atoms with Crippen molar-refractivity contribution in [2.45, 2.75) is 40.0 Å². The molecule has 0 saturated heterocycles. The Morgan fingerprint density at radius 3 is 2.62 bits per heavy atom. The Hall–Kier alpha value is -2.50. The SMILES string of the molecule is CCOc1cc(CNCCCn2ccnc2)c(Cl)cc1OCc1ccc(C)cc1. The molecule has 0 spiro atoms. The summed E-state index contributed by atoms with van der Waals surface area (Å²) in [5.74, 6) is 1.39. The van der Waals surface area contributed by atoms with E-state index in [1.165, 1.54) is 5.56 Å². The lowest BCUT2D eigenvalue weighted by atomic mass is 10.1. The van der Waals surface area contributed by atoms with Crippen molar-refractivity contribution in [3.8, 4) is 11.5 Å². The van der Waals surface area contributed by atoms with Crippen LogP contribution in [0.3, 0.4) is 0 Å². The first-order valence-electron chi connectivity index (χ1n) is 9.95. The predicted octanol–water partition coefficient (Wildman–Crippen LogP) is 5.00. The van der Waals surface area contributed by atoms with E-state index in [2.05, 4.69) is 46.1 Å². The lowest BCUT2D eigenvalue weighted by Crippen LogP contribution is -2.16. The Morgan fingerprint density at radius 1 is 1.10 bits per heavy atom. The molecule has 2 aromatic carbocycles. The van der Waals surface area contributed by atoms with Crippen molar-refractivity contribution < 1.29 is 9.47 Å². The first-order valence-corrected chi connectivity index (χ1v) is 10.3. The van der Waals surface area contributed by atoms with Crippen LogP contribution < -0.4 is 14.8 Å². The van der Waals surface area contributed by atoms with Crippen molar-refractivity contribution in [1.82, 2.24) is 14.9 Å². The summed E-state index contributed by atoms with van der Waals surface area (Å²) in [6, 6.07) is 12.1. The quantitative estimate of drug-likeness (QED) is 0.449. The number of imidazole rings is 1. The van der Waals surface area contributed by atoms with Crippen LogP contribution in [0.2, 0.25) is 5.02 Å². The van der Waals surface area contributed by atoms with Crippen molar-refractivity contribution in [2.75, 3.05) is 13.2 Å². The summed E-state index contributed by atoms with van der Waals surface area (Å²) in [6.07, 6.45) is 6.62. The molecule has 0 radical (unpaired) electrons. The number of hydrogen-bond donors (Lipinski definition) is 1. The van der Waals surface area contributed by atoms with Gasteiger partial charge >= 0.3 is 0 Å². The van der Waals surface area contributed by atoms with E-state index < -0.39 is 0 Å². The van der Waals surface area contributed by atoms with Crippen molar-refractivity contribution in [3.63, 3.8) is 0 Å². The van der Waals surface area contributed by atoms with Gasteiger partial charge in [-0.2, -0.15) is 0 Å². The Bertz CT molecular complexity index is 880. The molecule has 154 valence electrons. The van der Waals surface area contributed by atoms with Crippen LogP contribution >= 0.6 is 11.6 Å². The Kier molecular flexibility index (Phi) is 7.96. The van der Waals surface area contributed by atoms with E-state index in [4.69, 9.17) is 21.1 Å². The smallest absolute Gasteiger partial charge is 0.163 e. The van der Waals surface area contributed by atoms with Gasteiger partial charge in [-0.05, 0) is 44.0 Å². The largest absolute Gasteiger partial charge is 0.490 e. The van der Waals surface area contributed by atoms with Crippen LogP contribution in [0.25, 0.3) is 0 Å². The minimum absolute atomic E-state index is 0.475. The number of ether oxygens (including phenoxy) is 2. The second-order valence-corrected chi connectivity index (χ2v) is 7.34. The van der Waals surface area contributed by atoms with E-state index in [0.717, 1.165) is 36.4 Å². The number of aryl methyl sites for hydroxylation is 2. The molecule has 1 heterocycles. The van der Waals surface area contributed by atoms with Gasteiger partial charge in [0, 0.05) is 36.6 Å². The molecule has 0 aliphatic carbocycles. The molecule has 3 rings (SSSR count). The van der Waals surface area contributed by atoms with Gasteiger partial charge in [0.25, 0.3) is 0 Å². The zero-order valence-electron chi connectivity index (χ0n) is 17.0. The fourth-order valence-corrected chi connectivity index (χ4v) is 3.19. The third-order valence-corrected chi connectivity index (χ3v) is 4.92. The summed E-state index contributed by atoms with van der Waals surface area (Å²) >= 11 is 6.51. The number of nitrogens with one attached hydrogen (secondary N) is 1. The number of hydrogen-bond acceptors (Lipinski definition) is 4. The van der Waals surface area contributed by atoms with Crippen LogP contribution in [0.15, 0.2) is 55.1 Å². The fraction of sp³-hybridized carbons (Fsp3) is 0.348. The highest BCUT2D eigenvalue weighted by molar-refractivity contribution is 6.31. The Balaban J connectivity index is 1.56. The highest BCUT2D eigenvalue weighted by Gasteiger charge is 2.11. The second kappa shape index (κ2) is 10.9. The number of rotatable bonds is 11. The van der Waals surface area contributed by atoms with Gasteiger partial charge in [-0.3, -0.25) is 0 Å². The second-order valence-electron chi connectivity index (χ2n) is 6.93. The van der Waals surface area contributed by atoms with Gasteiger partial charge in [0.1, 0.15) is 6.61 Å². The molecule has 0 bridgehead atoms. The molecule has 0 aliphatic heterocycles. The highest BCUT2D eigenvalue weighted by atomic mass is 35.5. The maximum absolute atomic E-state index is 6.51. The van der Waals surface area contributed by atoms with Crippen LogP contribution in [-0.2, 0) is 19.7 Å². The van der Waals surface area contributed by atoms with E-state index in [0.29, 0.717) is 30.5 Å². The van der Waals surface area contributed by atoms with Crippen LogP contribution in [-0.4, -0.2) is 22.7 Å². The molecular weight excluding hydrogens is 386 g/mol. The maximum Gasteiger partial charge on any atom is 0.163 e. The Morgan fingerprint density at radius 2 is 1.90 bits per heavy atom. The number of nitrogens with zero attached hydrogens (tertiary/aromatic N) is 2. The van der Waals surface area contributed by atoms with Gasteiger partial charge in [0.2, 0.25) is 0 Å². The summed E-state index contributed by atoms with van der Waals surface area (Å²) in [5, 5.41) is 4.12. The number of benzene rings is 2. The van der Waals surface area contributed by atoms with Crippen molar-refractivity contribution in [2.24, 2.45) is 0 Å². The lowest BCUT2D eigenvalue weighted by molar-refractivity contribution is 0.269. The van der Waals surface area contributed by atoms with E-state index >= 15 is 0 Å².